The van der Waals surface area contributed by atoms with Gasteiger partial charge in [-0.25, -0.2) is 22.5 Å². The van der Waals surface area contributed by atoms with E-state index in [-0.39, 0.29) is 23.2 Å². The fourth-order valence-electron chi connectivity index (χ4n) is 2.92. The van der Waals surface area contributed by atoms with Crippen molar-refractivity contribution in [3.05, 3.63) is 88.5 Å². The van der Waals surface area contributed by atoms with Gasteiger partial charge in [0.2, 0.25) is 5.96 Å². The van der Waals surface area contributed by atoms with Gasteiger partial charge in [0.1, 0.15) is 10.7 Å². The van der Waals surface area contributed by atoms with Crippen molar-refractivity contribution in [2.75, 3.05) is 5.32 Å². The van der Waals surface area contributed by atoms with E-state index in [1.54, 1.807) is 60.8 Å². The molecule has 6 nitrogen and oxygen atoms in total. The molecule has 1 aliphatic rings. The summed E-state index contributed by atoms with van der Waals surface area (Å²) in [6.45, 7) is 0.0904. The first-order valence-corrected chi connectivity index (χ1v) is 10.8. The van der Waals surface area contributed by atoms with E-state index in [2.05, 4.69) is 20.0 Å². The number of nitrogens with one attached hydrogen (secondary N) is 2. The summed E-state index contributed by atoms with van der Waals surface area (Å²) >= 11 is 6.09. The summed E-state index contributed by atoms with van der Waals surface area (Å²) in [7, 11) is -3.82. The highest BCUT2D eigenvalue weighted by molar-refractivity contribution is 7.90. The summed E-state index contributed by atoms with van der Waals surface area (Å²) in [5.74, 6) is -0.314. The highest BCUT2D eigenvalue weighted by atomic mass is 35.5. The second-order valence-corrected chi connectivity index (χ2v) is 8.46. The summed E-state index contributed by atoms with van der Waals surface area (Å²) < 4.78 is 41.7. The Labute approximate surface area is 178 Å². The van der Waals surface area contributed by atoms with Gasteiger partial charge in [-0.15, -0.1) is 0 Å². The standard InChI is InChI=1S/C21H16ClFN4O2S/c22-16-7-4-12-24-18(16)13-25-21-26-20-15(6-3-9-19(20)30(28,29)27-21)11-10-14-5-1-2-8-17(14)23/h1-12H,13H2,(H2,25,26,27)/b11-10-. The Morgan fingerprint density at radius 1 is 1.03 bits per heavy atom. The number of aliphatic imine (C=N–C) groups is 1. The molecule has 0 bridgehead atoms. The SMILES string of the molecule is O=S1(=O)NC(=NCc2ncccc2Cl)Nc2c(/C=C\c3ccccc3F)cccc21. The van der Waals surface area contributed by atoms with Gasteiger partial charge in [0, 0.05) is 11.8 Å². The lowest BCUT2D eigenvalue weighted by atomic mass is 10.1. The number of halogens is 2. The zero-order valence-corrected chi connectivity index (χ0v) is 17.1. The third kappa shape index (κ3) is 4.19. The molecule has 0 aliphatic carbocycles. The number of pyridine rings is 1. The second-order valence-electron chi connectivity index (χ2n) is 6.40. The van der Waals surface area contributed by atoms with Crippen LogP contribution in [0.25, 0.3) is 12.2 Å². The van der Waals surface area contributed by atoms with E-state index in [0.717, 1.165) is 0 Å². The minimum atomic E-state index is -3.82. The quantitative estimate of drug-likeness (QED) is 0.590. The third-order valence-corrected chi connectivity index (χ3v) is 6.12. The zero-order chi connectivity index (χ0) is 21.1. The Morgan fingerprint density at radius 2 is 1.80 bits per heavy atom. The molecular weight excluding hydrogens is 427 g/mol. The predicted octanol–water partition coefficient (Wildman–Crippen LogP) is 4.30. The van der Waals surface area contributed by atoms with Crippen molar-refractivity contribution in [2.24, 2.45) is 4.99 Å². The van der Waals surface area contributed by atoms with Gasteiger partial charge in [0.25, 0.3) is 10.0 Å². The molecule has 2 N–H and O–H groups in total. The van der Waals surface area contributed by atoms with E-state index in [9.17, 15) is 12.8 Å². The number of fused-ring (bicyclic) bond motifs is 1. The summed E-state index contributed by atoms with van der Waals surface area (Å²) in [5, 5.41) is 3.44. The molecule has 1 aromatic heterocycles. The van der Waals surface area contributed by atoms with Crippen molar-refractivity contribution in [3.63, 3.8) is 0 Å². The van der Waals surface area contributed by atoms with Crippen molar-refractivity contribution < 1.29 is 12.8 Å². The molecule has 0 amide bonds. The molecule has 30 heavy (non-hydrogen) atoms. The minimum absolute atomic E-state index is 0.0518. The lowest BCUT2D eigenvalue weighted by molar-refractivity contribution is 0.591. The van der Waals surface area contributed by atoms with Crippen LogP contribution >= 0.6 is 11.6 Å². The van der Waals surface area contributed by atoms with Crippen LogP contribution in [0.2, 0.25) is 5.02 Å². The zero-order valence-electron chi connectivity index (χ0n) is 15.5. The highest BCUT2D eigenvalue weighted by Crippen LogP contribution is 2.30. The first-order valence-electron chi connectivity index (χ1n) is 8.93. The van der Waals surface area contributed by atoms with Gasteiger partial charge < -0.3 is 5.32 Å². The number of para-hydroxylation sites is 1. The van der Waals surface area contributed by atoms with E-state index < -0.39 is 10.0 Å². The van der Waals surface area contributed by atoms with Crippen molar-refractivity contribution in [1.82, 2.24) is 9.71 Å². The number of benzene rings is 2. The third-order valence-electron chi connectivity index (χ3n) is 4.39. The minimum Gasteiger partial charge on any atom is -0.324 e. The number of rotatable bonds is 4. The largest absolute Gasteiger partial charge is 0.324 e. The van der Waals surface area contributed by atoms with Gasteiger partial charge in [-0.05, 0) is 29.8 Å². The molecule has 152 valence electrons. The fourth-order valence-corrected chi connectivity index (χ4v) is 4.28. The van der Waals surface area contributed by atoms with Gasteiger partial charge >= 0.3 is 0 Å². The molecule has 0 unspecified atom stereocenters. The number of hydrogen-bond donors (Lipinski definition) is 2. The maximum Gasteiger partial charge on any atom is 0.266 e. The van der Waals surface area contributed by atoms with Crippen LogP contribution in [-0.2, 0) is 16.6 Å². The monoisotopic (exact) mass is 442 g/mol. The molecule has 1 aliphatic heterocycles. The molecule has 0 spiro atoms. The van der Waals surface area contributed by atoms with E-state index in [4.69, 9.17) is 11.6 Å². The van der Waals surface area contributed by atoms with Crippen molar-refractivity contribution in [2.45, 2.75) is 11.4 Å². The molecule has 4 rings (SSSR count). The Morgan fingerprint density at radius 3 is 2.60 bits per heavy atom. The Hall–Kier alpha value is -3.23. The maximum absolute atomic E-state index is 13.9. The van der Waals surface area contributed by atoms with Crippen LogP contribution in [0.1, 0.15) is 16.8 Å². The number of anilines is 1. The number of guanidine groups is 1. The Balaban J connectivity index is 1.68. The van der Waals surface area contributed by atoms with E-state index in [1.807, 2.05) is 0 Å². The Kier molecular flexibility index (Phi) is 5.52. The molecule has 0 fully saturated rings. The van der Waals surface area contributed by atoms with Gasteiger partial charge in [0.05, 0.1) is 22.9 Å². The number of sulfonamides is 1. The molecule has 2 aromatic carbocycles. The lowest BCUT2D eigenvalue weighted by Crippen LogP contribution is -2.41. The van der Waals surface area contributed by atoms with Crippen molar-refractivity contribution in [1.29, 1.82) is 0 Å². The smallest absolute Gasteiger partial charge is 0.266 e. The number of aromatic nitrogens is 1. The second kappa shape index (κ2) is 8.25. The van der Waals surface area contributed by atoms with Crippen LogP contribution in [0.5, 0.6) is 0 Å². The van der Waals surface area contributed by atoms with Crippen LogP contribution in [0.15, 0.2) is 70.7 Å². The molecule has 3 aromatic rings. The molecule has 2 heterocycles. The summed E-state index contributed by atoms with van der Waals surface area (Å²) in [5.41, 5.74) is 1.84. The number of nitrogens with zero attached hydrogens (tertiary/aromatic N) is 2. The molecule has 0 radical (unpaired) electrons. The van der Waals surface area contributed by atoms with Crippen LogP contribution in [0.3, 0.4) is 0 Å². The topological polar surface area (TPSA) is 83.5 Å². The molecule has 9 heteroatoms. The maximum atomic E-state index is 13.9. The van der Waals surface area contributed by atoms with Gasteiger partial charge in [0.15, 0.2) is 0 Å². The molecular formula is C21H16ClFN4O2S. The summed E-state index contributed by atoms with van der Waals surface area (Å²) in [6, 6.07) is 14.5. The first kappa shape index (κ1) is 20.1. The molecule has 0 saturated heterocycles. The van der Waals surface area contributed by atoms with Crippen LogP contribution in [0.4, 0.5) is 10.1 Å². The van der Waals surface area contributed by atoms with Gasteiger partial charge in [-0.3, -0.25) is 4.98 Å². The average Bonchev–Trinajstić information content (AvgIpc) is 2.72. The van der Waals surface area contributed by atoms with Crippen LogP contribution in [0, 0.1) is 5.82 Å². The van der Waals surface area contributed by atoms with Gasteiger partial charge in [-0.2, -0.15) is 0 Å². The summed E-state index contributed by atoms with van der Waals surface area (Å²) in [6.07, 6.45) is 4.82. The normalized spacial score (nSPS) is 16.1. The van der Waals surface area contributed by atoms with Crippen LogP contribution in [-0.4, -0.2) is 19.4 Å². The molecule has 0 atom stereocenters. The van der Waals surface area contributed by atoms with Crippen LogP contribution < -0.4 is 10.0 Å². The fraction of sp³-hybridized carbons (Fsp3) is 0.0476. The van der Waals surface area contributed by atoms with Crippen molar-refractivity contribution >= 4 is 45.4 Å². The number of hydrogen-bond acceptors (Lipinski definition) is 4. The summed E-state index contributed by atoms with van der Waals surface area (Å²) in [4.78, 5) is 8.48. The predicted molar refractivity (Wildman–Crippen MR) is 116 cm³/mol. The average molecular weight is 443 g/mol. The first-order chi connectivity index (χ1) is 14.4. The van der Waals surface area contributed by atoms with Gasteiger partial charge in [-0.1, -0.05) is 54.1 Å². The lowest BCUT2D eigenvalue weighted by Gasteiger charge is -2.23. The highest BCUT2D eigenvalue weighted by Gasteiger charge is 2.27. The van der Waals surface area contributed by atoms with Crippen molar-refractivity contribution in [3.8, 4) is 0 Å². The van der Waals surface area contributed by atoms with E-state index in [0.29, 0.717) is 27.5 Å². The molecule has 0 saturated carbocycles. The van der Waals surface area contributed by atoms with E-state index in [1.165, 1.54) is 12.1 Å². The van der Waals surface area contributed by atoms with E-state index >= 15 is 0 Å². The Bertz CT molecular complexity index is 1280.